The average molecular weight is 402 g/mol. The summed E-state index contributed by atoms with van der Waals surface area (Å²) in [5, 5.41) is 8.12. The topological polar surface area (TPSA) is 67.9 Å². The number of hydrogen-bond acceptors (Lipinski definition) is 7. The maximum atomic E-state index is 13.0. The third-order valence-electron chi connectivity index (χ3n) is 3.12. The van der Waals surface area contributed by atoms with Gasteiger partial charge in [0.05, 0.1) is 0 Å². The Labute approximate surface area is 155 Å². The number of hydrogen-bond donors (Lipinski definition) is 0. The van der Waals surface area contributed by atoms with Crippen molar-refractivity contribution in [2.24, 2.45) is 0 Å². The molecule has 0 fully saturated rings. The Bertz CT molecular complexity index is 914. The van der Waals surface area contributed by atoms with Gasteiger partial charge < -0.3 is 9.32 Å². The lowest BCUT2D eigenvalue weighted by atomic mass is 10.2. The average Bonchev–Trinajstić information content (AvgIpc) is 3.03. The molecule has 0 aliphatic rings. The molecular formula is C15H11ClF3N5OS. The van der Waals surface area contributed by atoms with Gasteiger partial charge in [-0.05, 0) is 24.3 Å². The molecule has 0 N–H and O–H groups in total. The summed E-state index contributed by atoms with van der Waals surface area (Å²) < 4.78 is 44.5. The number of benzene rings is 1. The normalized spacial score (nSPS) is 11.6. The summed E-state index contributed by atoms with van der Waals surface area (Å²) in [6.07, 6.45) is -4.59. The molecule has 0 unspecified atom stereocenters. The molecular weight excluding hydrogens is 391 g/mol. The summed E-state index contributed by atoms with van der Waals surface area (Å²) in [6.45, 7) is 0. The fourth-order valence-corrected chi connectivity index (χ4v) is 2.64. The van der Waals surface area contributed by atoms with Gasteiger partial charge >= 0.3 is 6.18 Å². The van der Waals surface area contributed by atoms with Crippen LogP contribution in [-0.4, -0.2) is 34.3 Å². The van der Waals surface area contributed by atoms with Crippen LogP contribution in [0.15, 0.2) is 45.1 Å². The van der Waals surface area contributed by atoms with Crippen molar-refractivity contribution in [2.75, 3.05) is 19.0 Å². The smallest absolute Gasteiger partial charge is 0.411 e. The van der Waals surface area contributed by atoms with Crippen LogP contribution in [0.3, 0.4) is 0 Å². The summed E-state index contributed by atoms with van der Waals surface area (Å²) >= 11 is 6.57. The SMILES string of the molecule is CN(C)c1cc(C(F)(F)F)nc(Sc2nnc(-c3ccc(Cl)cc3)o2)n1. The molecule has 1 aromatic carbocycles. The van der Waals surface area contributed by atoms with Crippen LogP contribution in [0, 0.1) is 0 Å². The summed E-state index contributed by atoms with van der Waals surface area (Å²) in [4.78, 5) is 9.05. The molecule has 0 bridgehead atoms. The van der Waals surface area contributed by atoms with Crippen LogP contribution in [0.4, 0.5) is 19.0 Å². The summed E-state index contributed by atoms with van der Waals surface area (Å²) in [5.41, 5.74) is -0.413. The molecule has 0 spiro atoms. The van der Waals surface area contributed by atoms with Gasteiger partial charge in [0.25, 0.3) is 5.22 Å². The van der Waals surface area contributed by atoms with E-state index < -0.39 is 11.9 Å². The highest BCUT2D eigenvalue weighted by Crippen LogP contribution is 2.33. The third-order valence-corrected chi connectivity index (χ3v) is 4.07. The lowest BCUT2D eigenvalue weighted by molar-refractivity contribution is -0.141. The van der Waals surface area contributed by atoms with Gasteiger partial charge in [-0.15, -0.1) is 10.2 Å². The molecule has 136 valence electrons. The zero-order chi connectivity index (χ0) is 18.9. The maximum absolute atomic E-state index is 13.0. The number of rotatable bonds is 4. The van der Waals surface area contributed by atoms with E-state index >= 15 is 0 Å². The lowest BCUT2D eigenvalue weighted by Gasteiger charge is -2.14. The highest BCUT2D eigenvalue weighted by atomic mass is 35.5. The van der Waals surface area contributed by atoms with Gasteiger partial charge in [-0.3, -0.25) is 0 Å². The van der Waals surface area contributed by atoms with Crippen molar-refractivity contribution < 1.29 is 17.6 Å². The molecule has 0 atom stereocenters. The van der Waals surface area contributed by atoms with Crippen LogP contribution in [0.2, 0.25) is 5.02 Å². The van der Waals surface area contributed by atoms with E-state index in [2.05, 4.69) is 20.2 Å². The first-order chi connectivity index (χ1) is 12.2. The number of anilines is 1. The van der Waals surface area contributed by atoms with E-state index in [0.29, 0.717) is 10.6 Å². The molecule has 11 heteroatoms. The number of alkyl halides is 3. The standard InChI is InChI=1S/C15H11ClF3N5OS/c1-24(2)11-7-10(15(17,18)19)20-13(21-11)26-14-23-22-12(25-14)8-3-5-9(16)6-4-8/h3-7H,1-2H3. The third kappa shape index (κ3) is 4.25. The van der Waals surface area contributed by atoms with Crippen LogP contribution in [0.25, 0.3) is 11.5 Å². The molecule has 2 aromatic heterocycles. The van der Waals surface area contributed by atoms with Crippen LogP contribution in [0.5, 0.6) is 0 Å². The molecule has 0 aliphatic heterocycles. The predicted octanol–water partition coefficient (Wildman–Crippen LogP) is 4.42. The van der Waals surface area contributed by atoms with Gasteiger partial charge in [-0.1, -0.05) is 11.6 Å². The maximum Gasteiger partial charge on any atom is 0.433 e. The largest absolute Gasteiger partial charge is 0.433 e. The molecule has 2 heterocycles. The predicted molar refractivity (Wildman–Crippen MR) is 90.2 cm³/mol. The van der Waals surface area contributed by atoms with Crippen LogP contribution >= 0.6 is 23.4 Å². The van der Waals surface area contributed by atoms with Crippen molar-refractivity contribution in [2.45, 2.75) is 16.6 Å². The monoisotopic (exact) mass is 401 g/mol. The van der Waals surface area contributed by atoms with E-state index in [-0.39, 0.29) is 22.1 Å². The zero-order valence-electron chi connectivity index (χ0n) is 13.5. The van der Waals surface area contributed by atoms with Gasteiger partial charge in [0.15, 0.2) is 10.9 Å². The van der Waals surface area contributed by atoms with Crippen LogP contribution in [-0.2, 0) is 6.18 Å². The zero-order valence-corrected chi connectivity index (χ0v) is 15.0. The van der Waals surface area contributed by atoms with Gasteiger partial charge in [0.1, 0.15) is 5.82 Å². The van der Waals surface area contributed by atoms with Crippen molar-refractivity contribution in [3.8, 4) is 11.5 Å². The summed E-state index contributed by atoms with van der Waals surface area (Å²) in [5.74, 6) is 0.330. The molecule has 0 aliphatic carbocycles. The molecule has 26 heavy (non-hydrogen) atoms. The Morgan fingerprint density at radius 2 is 1.77 bits per heavy atom. The summed E-state index contributed by atoms with van der Waals surface area (Å²) in [6, 6.07) is 7.57. The van der Waals surface area contributed by atoms with Gasteiger partial charge in [0, 0.05) is 42.5 Å². The van der Waals surface area contributed by atoms with Crippen molar-refractivity contribution >= 4 is 29.2 Å². The fourth-order valence-electron chi connectivity index (χ4n) is 1.87. The highest BCUT2D eigenvalue weighted by Gasteiger charge is 2.34. The van der Waals surface area contributed by atoms with E-state index in [9.17, 15) is 13.2 Å². The van der Waals surface area contributed by atoms with Gasteiger partial charge in [-0.25, -0.2) is 9.97 Å². The second-order valence-electron chi connectivity index (χ2n) is 5.27. The first kappa shape index (κ1) is 18.5. The van der Waals surface area contributed by atoms with Crippen molar-refractivity contribution in [3.63, 3.8) is 0 Å². The van der Waals surface area contributed by atoms with Crippen molar-refractivity contribution in [1.82, 2.24) is 20.2 Å². The second kappa shape index (κ2) is 7.12. The Kier molecular flexibility index (Phi) is 5.05. The lowest BCUT2D eigenvalue weighted by Crippen LogP contribution is -2.16. The van der Waals surface area contributed by atoms with Gasteiger partial charge in [0.2, 0.25) is 5.89 Å². The van der Waals surface area contributed by atoms with E-state index in [1.54, 1.807) is 38.4 Å². The molecule has 3 aromatic rings. The highest BCUT2D eigenvalue weighted by molar-refractivity contribution is 7.98. The second-order valence-corrected chi connectivity index (χ2v) is 6.62. The van der Waals surface area contributed by atoms with Crippen molar-refractivity contribution in [1.29, 1.82) is 0 Å². The quantitative estimate of drug-likeness (QED) is 0.599. The minimum atomic E-state index is -4.59. The molecule has 6 nitrogen and oxygen atoms in total. The van der Waals surface area contributed by atoms with Gasteiger partial charge in [-0.2, -0.15) is 13.2 Å². The first-order valence-electron chi connectivity index (χ1n) is 7.13. The molecule has 3 rings (SSSR count). The molecule has 0 saturated carbocycles. The number of nitrogens with zero attached hydrogens (tertiary/aromatic N) is 5. The van der Waals surface area contributed by atoms with E-state index in [0.717, 1.165) is 17.8 Å². The number of aromatic nitrogens is 4. The Balaban J connectivity index is 1.89. The van der Waals surface area contributed by atoms with E-state index in [1.165, 1.54) is 4.90 Å². The van der Waals surface area contributed by atoms with Crippen LogP contribution in [0.1, 0.15) is 5.69 Å². The number of halogens is 4. The molecule has 0 amide bonds. The molecule has 0 radical (unpaired) electrons. The van der Waals surface area contributed by atoms with E-state index in [4.69, 9.17) is 16.0 Å². The fraction of sp³-hybridized carbons (Fsp3) is 0.200. The molecule has 0 saturated heterocycles. The first-order valence-corrected chi connectivity index (χ1v) is 8.33. The van der Waals surface area contributed by atoms with E-state index in [1.807, 2.05) is 0 Å². The Morgan fingerprint density at radius 3 is 2.38 bits per heavy atom. The van der Waals surface area contributed by atoms with Crippen molar-refractivity contribution in [3.05, 3.63) is 41.0 Å². The summed E-state index contributed by atoms with van der Waals surface area (Å²) in [7, 11) is 3.17. The Morgan fingerprint density at radius 1 is 1.08 bits per heavy atom. The minimum absolute atomic E-state index is 0.0268. The Hall–Kier alpha value is -2.33. The minimum Gasteiger partial charge on any atom is -0.411 e. The van der Waals surface area contributed by atoms with Crippen LogP contribution < -0.4 is 4.90 Å².